The highest BCUT2D eigenvalue weighted by molar-refractivity contribution is 7.16. The zero-order valence-electron chi connectivity index (χ0n) is 17.5. The lowest BCUT2D eigenvalue weighted by Gasteiger charge is -2.12. The van der Waals surface area contributed by atoms with Crippen molar-refractivity contribution in [1.82, 2.24) is 4.57 Å². The minimum absolute atomic E-state index is 0.0493. The molecule has 0 unspecified atom stereocenters. The Morgan fingerprint density at radius 3 is 2.47 bits per heavy atom. The highest BCUT2D eigenvalue weighted by atomic mass is 32.1. The Morgan fingerprint density at radius 2 is 1.91 bits per heavy atom. The molecule has 3 aromatic rings. The van der Waals surface area contributed by atoms with Crippen LogP contribution >= 0.6 is 11.3 Å². The molecule has 1 amide bonds. The minimum atomic E-state index is -0.523. The van der Waals surface area contributed by atoms with Crippen LogP contribution in [0.4, 0.5) is 5.69 Å². The van der Waals surface area contributed by atoms with E-state index in [1.54, 1.807) is 28.8 Å². The average molecular weight is 453 g/mol. The highest BCUT2D eigenvalue weighted by Crippen LogP contribution is 2.38. The number of nitro groups is 1. The van der Waals surface area contributed by atoms with Crippen LogP contribution in [0, 0.1) is 22.5 Å². The predicted molar refractivity (Wildman–Crippen MR) is 121 cm³/mol. The van der Waals surface area contributed by atoms with Gasteiger partial charge < -0.3 is 18.8 Å². The Bertz CT molecular complexity index is 1300. The number of thiazole rings is 1. The molecule has 0 fully saturated rings. The average Bonchev–Trinajstić information content (AvgIpc) is 3.13. The number of nitrogens with zero attached hydrogens (tertiary/aromatic N) is 3. The molecule has 3 rings (SSSR count). The van der Waals surface area contributed by atoms with Crippen molar-refractivity contribution < 1.29 is 23.9 Å². The SMILES string of the molecule is C#CCn1c(=NC(=O)/C=C\c2cc(OC)c(OC)c(OC)c2)sc2cc([N+](=O)[O-])ccc21. The maximum Gasteiger partial charge on any atom is 0.272 e. The fraction of sp³-hybridized carbons (Fsp3) is 0.182. The van der Waals surface area contributed by atoms with Gasteiger partial charge in [0.25, 0.3) is 11.6 Å². The van der Waals surface area contributed by atoms with Crippen molar-refractivity contribution in [3.63, 3.8) is 0 Å². The fourth-order valence-electron chi connectivity index (χ4n) is 3.00. The highest BCUT2D eigenvalue weighted by Gasteiger charge is 2.13. The Balaban J connectivity index is 1.99. The van der Waals surface area contributed by atoms with Gasteiger partial charge in [-0.25, -0.2) is 0 Å². The molecule has 32 heavy (non-hydrogen) atoms. The molecule has 0 aliphatic rings. The van der Waals surface area contributed by atoms with Gasteiger partial charge in [-0.15, -0.1) is 6.42 Å². The normalized spacial score (nSPS) is 11.5. The minimum Gasteiger partial charge on any atom is -0.493 e. The quantitative estimate of drug-likeness (QED) is 0.235. The van der Waals surface area contributed by atoms with E-state index in [1.807, 2.05) is 0 Å². The van der Waals surface area contributed by atoms with Crippen LogP contribution in [0.1, 0.15) is 5.56 Å². The summed E-state index contributed by atoms with van der Waals surface area (Å²) >= 11 is 1.15. The van der Waals surface area contributed by atoms with E-state index in [0.717, 1.165) is 11.3 Å². The molecule has 0 saturated heterocycles. The molecule has 0 saturated carbocycles. The summed E-state index contributed by atoms with van der Waals surface area (Å²) in [6.07, 6.45) is 8.32. The number of carbonyl (C=O) groups is 1. The van der Waals surface area contributed by atoms with Crippen molar-refractivity contribution >= 4 is 39.2 Å². The lowest BCUT2D eigenvalue weighted by Crippen LogP contribution is -2.15. The number of nitro benzene ring substituents is 1. The van der Waals surface area contributed by atoms with Crippen LogP contribution < -0.4 is 19.0 Å². The van der Waals surface area contributed by atoms with Crippen molar-refractivity contribution in [2.45, 2.75) is 6.54 Å². The smallest absolute Gasteiger partial charge is 0.272 e. The van der Waals surface area contributed by atoms with Gasteiger partial charge in [-0.1, -0.05) is 17.3 Å². The van der Waals surface area contributed by atoms with Gasteiger partial charge in [0, 0.05) is 18.2 Å². The number of aromatic nitrogens is 1. The summed E-state index contributed by atoms with van der Waals surface area (Å²) < 4.78 is 18.2. The Hall–Kier alpha value is -4.10. The van der Waals surface area contributed by atoms with E-state index >= 15 is 0 Å². The molecular weight excluding hydrogens is 434 g/mol. The lowest BCUT2D eigenvalue weighted by molar-refractivity contribution is -0.384. The van der Waals surface area contributed by atoms with Crippen LogP contribution in [0.25, 0.3) is 16.3 Å². The number of methoxy groups -OCH3 is 3. The van der Waals surface area contributed by atoms with E-state index in [1.165, 1.54) is 39.5 Å². The summed E-state index contributed by atoms with van der Waals surface area (Å²) in [6, 6.07) is 7.81. The molecule has 2 aromatic carbocycles. The number of amides is 1. The maximum atomic E-state index is 12.5. The first-order valence-electron chi connectivity index (χ1n) is 9.19. The molecule has 10 heteroatoms. The van der Waals surface area contributed by atoms with Gasteiger partial charge in [0.05, 0.1) is 43.0 Å². The molecule has 1 heterocycles. The van der Waals surface area contributed by atoms with Crippen LogP contribution in [-0.4, -0.2) is 36.7 Å². The fourth-order valence-corrected chi connectivity index (χ4v) is 4.07. The molecule has 0 N–H and O–H groups in total. The van der Waals surface area contributed by atoms with Crippen LogP contribution in [0.3, 0.4) is 0 Å². The van der Waals surface area contributed by atoms with Gasteiger partial charge in [-0.3, -0.25) is 14.9 Å². The van der Waals surface area contributed by atoms with Crippen LogP contribution in [0.5, 0.6) is 17.2 Å². The number of fused-ring (bicyclic) bond motifs is 1. The molecule has 0 aliphatic heterocycles. The Morgan fingerprint density at radius 1 is 1.22 bits per heavy atom. The molecular formula is C22H19N3O6S. The monoisotopic (exact) mass is 453 g/mol. The van der Waals surface area contributed by atoms with Gasteiger partial charge in [0.2, 0.25) is 5.75 Å². The number of hydrogen-bond acceptors (Lipinski definition) is 7. The molecule has 1 aromatic heterocycles. The maximum absolute atomic E-state index is 12.5. The van der Waals surface area contributed by atoms with Crippen LogP contribution in [0.2, 0.25) is 0 Å². The molecule has 164 valence electrons. The van der Waals surface area contributed by atoms with Gasteiger partial charge >= 0.3 is 0 Å². The molecule has 0 radical (unpaired) electrons. The first kappa shape index (κ1) is 22.6. The molecule has 0 spiro atoms. The standard InChI is InChI=1S/C22H19N3O6S/c1-5-10-24-16-8-7-15(25(27)28)13-19(16)32-22(24)23-20(26)9-6-14-11-17(29-2)21(31-4)18(12-14)30-3/h1,6-9,11-13H,10H2,2-4H3/b9-6-,23-22?. The van der Waals surface area contributed by atoms with Crippen molar-refractivity contribution in [3.8, 4) is 29.6 Å². The number of non-ortho nitro benzene ring substituents is 1. The molecule has 0 bridgehead atoms. The number of terminal acetylenes is 1. The van der Waals surface area contributed by atoms with Crippen LogP contribution in [-0.2, 0) is 11.3 Å². The number of benzene rings is 2. The van der Waals surface area contributed by atoms with Gasteiger partial charge in [-0.05, 0) is 29.8 Å². The van der Waals surface area contributed by atoms with E-state index in [0.29, 0.717) is 37.8 Å². The summed E-state index contributed by atoms with van der Waals surface area (Å²) in [7, 11) is 4.51. The van der Waals surface area contributed by atoms with Crippen LogP contribution in [0.15, 0.2) is 41.4 Å². The number of carbonyl (C=O) groups excluding carboxylic acids is 1. The second-order valence-corrected chi connectivity index (χ2v) is 7.34. The van der Waals surface area contributed by atoms with E-state index in [4.69, 9.17) is 20.6 Å². The first-order valence-corrected chi connectivity index (χ1v) is 10.0. The second-order valence-electron chi connectivity index (χ2n) is 6.33. The first-order chi connectivity index (χ1) is 15.4. The van der Waals surface area contributed by atoms with Crippen molar-refractivity contribution in [1.29, 1.82) is 0 Å². The summed E-state index contributed by atoms with van der Waals surface area (Å²) in [5, 5.41) is 11.1. The zero-order valence-corrected chi connectivity index (χ0v) is 18.3. The Labute approximate surface area is 187 Å². The van der Waals surface area contributed by atoms with Crippen molar-refractivity contribution in [2.75, 3.05) is 21.3 Å². The van der Waals surface area contributed by atoms with Gasteiger partial charge in [0.1, 0.15) is 0 Å². The summed E-state index contributed by atoms with van der Waals surface area (Å²) in [5.41, 5.74) is 1.26. The number of ether oxygens (including phenoxy) is 3. The van der Waals surface area contributed by atoms with E-state index in [9.17, 15) is 14.9 Å². The predicted octanol–water partition coefficient (Wildman–Crippen LogP) is 3.41. The lowest BCUT2D eigenvalue weighted by atomic mass is 10.1. The van der Waals surface area contributed by atoms with E-state index in [2.05, 4.69) is 10.9 Å². The molecule has 0 aliphatic carbocycles. The Kier molecular flexibility index (Phi) is 6.92. The summed E-state index contributed by atoms with van der Waals surface area (Å²) in [5.74, 6) is 3.34. The number of hydrogen-bond donors (Lipinski definition) is 0. The van der Waals surface area contributed by atoms with E-state index < -0.39 is 10.8 Å². The van der Waals surface area contributed by atoms with Gasteiger partial charge in [-0.2, -0.15) is 4.99 Å². The third-order valence-electron chi connectivity index (χ3n) is 4.44. The third-order valence-corrected chi connectivity index (χ3v) is 5.48. The van der Waals surface area contributed by atoms with Gasteiger partial charge in [0.15, 0.2) is 16.3 Å². The molecule has 0 atom stereocenters. The van der Waals surface area contributed by atoms with E-state index in [-0.39, 0.29) is 12.2 Å². The largest absolute Gasteiger partial charge is 0.493 e. The van der Waals surface area contributed by atoms with Crippen molar-refractivity contribution in [3.05, 3.63) is 56.9 Å². The summed E-state index contributed by atoms with van der Waals surface area (Å²) in [4.78, 5) is 27.6. The number of rotatable bonds is 7. The summed E-state index contributed by atoms with van der Waals surface area (Å²) in [6.45, 7) is 0.167. The molecule has 9 nitrogen and oxygen atoms in total. The third kappa shape index (κ3) is 4.63. The second kappa shape index (κ2) is 9.80. The van der Waals surface area contributed by atoms with Crippen molar-refractivity contribution in [2.24, 2.45) is 4.99 Å². The zero-order chi connectivity index (χ0) is 23.3. The topological polar surface area (TPSA) is 105 Å².